The van der Waals surface area contributed by atoms with E-state index in [1.165, 1.54) is 0 Å². The maximum atomic E-state index is 12.7. The summed E-state index contributed by atoms with van der Waals surface area (Å²) in [6.45, 7) is 12.3. The number of ketones is 1. The number of ether oxygens (including phenoxy) is 1. The summed E-state index contributed by atoms with van der Waals surface area (Å²) in [6, 6.07) is 20.5. The van der Waals surface area contributed by atoms with E-state index >= 15 is 0 Å². The molecule has 3 aromatic rings. The third-order valence-electron chi connectivity index (χ3n) is 5.58. The molecule has 0 unspecified atom stereocenters. The van der Waals surface area contributed by atoms with Gasteiger partial charge in [-0.05, 0) is 36.1 Å². The smallest absolute Gasteiger partial charge is 0.256 e. The minimum absolute atomic E-state index is 0.0214. The van der Waals surface area contributed by atoms with E-state index in [-0.39, 0.29) is 23.5 Å². The molecule has 2 N–H and O–H groups in total. The number of anilines is 1. The minimum atomic E-state index is -0.245. The van der Waals surface area contributed by atoms with Gasteiger partial charge in [-0.2, -0.15) is 0 Å². The molecule has 5 nitrogen and oxygen atoms in total. The van der Waals surface area contributed by atoms with Crippen molar-refractivity contribution in [2.45, 2.75) is 39.5 Å². The third kappa shape index (κ3) is 6.35. The number of benzene rings is 3. The summed E-state index contributed by atoms with van der Waals surface area (Å²) in [6.07, 6.45) is 0.231. The summed E-state index contributed by atoms with van der Waals surface area (Å²) in [5.74, 6) is 0.705. The molecule has 0 radical (unpaired) electrons. The van der Waals surface area contributed by atoms with Crippen LogP contribution in [-0.2, 0) is 11.8 Å². The number of amides is 1. The predicted octanol–water partition coefficient (Wildman–Crippen LogP) is 6.04. The number of carbonyl (C=O) groups is 2. The molecule has 0 aromatic heterocycles. The van der Waals surface area contributed by atoms with Crippen LogP contribution >= 0.6 is 0 Å². The topological polar surface area (TPSA) is 67.4 Å². The molecule has 0 fully saturated rings. The van der Waals surface area contributed by atoms with Crippen molar-refractivity contribution in [3.8, 4) is 5.75 Å². The zero-order valence-corrected chi connectivity index (χ0v) is 20.5. The summed E-state index contributed by atoms with van der Waals surface area (Å²) >= 11 is 0. The monoisotopic (exact) mass is 456 g/mol. The molecule has 0 heterocycles. The van der Waals surface area contributed by atoms with Gasteiger partial charge in [0.1, 0.15) is 11.6 Å². The van der Waals surface area contributed by atoms with Crippen molar-refractivity contribution < 1.29 is 14.3 Å². The standard InChI is InChI=1S/C29H32N2O3/c1-19-7-9-21(10-8-19)26(32)17-23-13-16-25(18-27(23)34-6)30-20(2)31-28(33)22-11-14-24(15-12-22)29(3,4)5/h7-16,18,30H,2,17H2,1,3-6H3,(H,31,33). The van der Waals surface area contributed by atoms with Gasteiger partial charge in [-0.15, -0.1) is 0 Å². The van der Waals surface area contributed by atoms with E-state index < -0.39 is 0 Å². The molecule has 0 aliphatic heterocycles. The molecule has 3 aromatic carbocycles. The van der Waals surface area contributed by atoms with Crippen LogP contribution in [0, 0.1) is 6.92 Å². The van der Waals surface area contributed by atoms with E-state index in [0.717, 1.165) is 16.7 Å². The highest BCUT2D eigenvalue weighted by molar-refractivity contribution is 5.98. The van der Waals surface area contributed by atoms with Crippen LogP contribution < -0.4 is 15.4 Å². The van der Waals surface area contributed by atoms with Crippen molar-refractivity contribution in [1.82, 2.24) is 5.32 Å². The van der Waals surface area contributed by atoms with Crippen molar-refractivity contribution in [1.29, 1.82) is 0 Å². The van der Waals surface area contributed by atoms with Crippen molar-refractivity contribution in [2.75, 3.05) is 12.4 Å². The molecule has 0 aliphatic rings. The Bertz CT molecular complexity index is 1190. The molecule has 0 aliphatic carbocycles. The Morgan fingerprint density at radius 2 is 1.53 bits per heavy atom. The fraction of sp³-hybridized carbons (Fsp3) is 0.241. The molecule has 0 atom stereocenters. The second kappa shape index (κ2) is 10.4. The lowest BCUT2D eigenvalue weighted by Gasteiger charge is -2.19. The Morgan fingerprint density at radius 3 is 2.12 bits per heavy atom. The first-order valence-electron chi connectivity index (χ1n) is 11.2. The first-order chi connectivity index (χ1) is 16.1. The fourth-order valence-corrected chi connectivity index (χ4v) is 3.52. The molecule has 5 heteroatoms. The van der Waals surface area contributed by atoms with Gasteiger partial charge in [-0.1, -0.05) is 75.4 Å². The van der Waals surface area contributed by atoms with Crippen LogP contribution in [0.1, 0.15) is 58.2 Å². The quantitative estimate of drug-likeness (QED) is 0.406. The average molecular weight is 457 g/mol. The molecule has 0 spiro atoms. The van der Waals surface area contributed by atoms with Crippen molar-refractivity contribution in [2.24, 2.45) is 0 Å². The van der Waals surface area contributed by atoms with Gasteiger partial charge in [-0.25, -0.2) is 0 Å². The highest BCUT2D eigenvalue weighted by atomic mass is 16.5. The van der Waals surface area contributed by atoms with Gasteiger partial charge >= 0.3 is 0 Å². The second-order valence-corrected chi connectivity index (χ2v) is 9.38. The van der Waals surface area contributed by atoms with Gasteiger partial charge in [0.15, 0.2) is 5.78 Å². The van der Waals surface area contributed by atoms with E-state index in [1.54, 1.807) is 13.2 Å². The van der Waals surface area contributed by atoms with E-state index in [9.17, 15) is 9.59 Å². The summed E-state index contributed by atoms with van der Waals surface area (Å²) in [5, 5.41) is 5.85. The van der Waals surface area contributed by atoms with E-state index in [1.807, 2.05) is 67.6 Å². The molecule has 0 saturated carbocycles. The highest BCUT2D eigenvalue weighted by Gasteiger charge is 2.15. The Labute approximate surface area is 201 Å². The number of methoxy groups -OCH3 is 1. The second-order valence-electron chi connectivity index (χ2n) is 9.38. The number of aryl methyl sites for hydroxylation is 1. The minimum Gasteiger partial charge on any atom is -0.496 e. The maximum Gasteiger partial charge on any atom is 0.256 e. The number of Topliss-reactive ketones (excluding diaryl/α,β-unsaturated/α-hetero) is 1. The average Bonchev–Trinajstić information content (AvgIpc) is 2.79. The van der Waals surface area contributed by atoms with Crippen molar-refractivity contribution in [3.63, 3.8) is 0 Å². The number of carbonyl (C=O) groups excluding carboxylic acids is 2. The zero-order chi connectivity index (χ0) is 24.9. The molecule has 1 amide bonds. The lowest BCUT2D eigenvalue weighted by molar-refractivity contribution is 0.0964. The lowest BCUT2D eigenvalue weighted by atomic mass is 9.87. The summed E-state index contributed by atoms with van der Waals surface area (Å²) in [5.41, 5.74) is 4.99. The molecule has 176 valence electrons. The Hall–Kier alpha value is -3.86. The fourth-order valence-electron chi connectivity index (χ4n) is 3.52. The van der Waals surface area contributed by atoms with Crippen LogP contribution in [0.5, 0.6) is 5.75 Å². The van der Waals surface area contributed by atoms with Gasteiger partial charge in [0, 0.05) is 34.9 Å². The zero-order valence-electron chi connectivity index (χ0n) is 20.5. The Balaban J connectivity index is 1.63. The molecule has 0 saturated heterocycles. The number of hydrogen-bond acceptors (Lipinski definition) is 4. The summed E-state index contributed by atoms with van der Waals surface area (Å²) in [4.78, 5) is 25.2. The van der Waals surface area contributed by atoms with Gasteiger partial charge in [0.25, 0.3) is 5.91 Å². The van der Waals surface area contributed by atoms with Crippen LogP contribution in [-0.4, -0.2) is 18.8 Å². The predicted molar refractivity (Wildman–Crippen MR) is 138 cm³/mol. The first kappa shape index (κ1) is 24.8. The van der Waals surface area contributed by atoms with E-state index in [4.69, 9.17) is 4.74 Å². The maximum absolute atomic E-state index is 12.7. The Morgan fingerprint density at radius 1 is 0.912 bits per heavy atom. The number of hydrogen-bond donors (Lipinski definition) is 2. The van der Waals surface area contributed by atoms with Gasteiger partial charge in [-0.3, -0.25) is 9.59 Å². The van der Waals surface area contributed by atoms with Gasteiger partial charge < -0.3 is 15.4 Å². The van der Waals surface area contributed by atoms with Crippen LogP contribution in [0.25, 0.3) is 0 Å². The molecular formula is C29H32N2O3. The highest BCUT2D eigenvalue weighted by Crippen LogP contribution is 2.26. The normalized spacial score (nSPS) is 11.0. The third-order valence-corrected chi connectivity index (χ3v) is 5.58. The molecule has 0 bridgehead atoms. The largest absolute Gasteiger partial charge is 0.496 e. The van der Waals surface area contributed by atoms with Crippen molar-refractivity contribution in [3.05, 3.63) is 107 Å². The van der Waals surface area contributed by atoms with Gasteiger partial charge in [0.05, 0.1) is 7.11 Å². The first-order valence-corrected chi connectivity index (χ1v) is 11.2. The van der Waals surface area contributed by atoms with Crippen LogP contribution in [0.4, 0.5) is 5.69 Å². The molecular weight excluding hydrogens is 424 g/mol. The molecule has 3 rings (SSSR count). The van der Waals surface area contributed by atoms with Crippen molar-refractivity contribution >= 4 is 17.4 Å². The van der Waals surface area contributed by atoms with Gasteiger partial charge in [0.2, 0.25) is 0 Å². The molecule has 34 heavy (non-hydrogen) atoms. The van der Waals surface area contributed by atoms with E-state index in [0.29, 0.717) is 28.4 Å². The Kier molecular flexibility index (Phi) is 7.57. The van der Waals surface area contributed by atoms with Crippen LogP contribution in [0.2, 0.25) is 0 Å². The number of rotatable bonds is 8. The van der Waals surface area contributed by atoms with Crippen LogP contribution in [0.3, 0.4) is 0 Å². The SMILES string of the molecule is C=C(NC(=O)c1ccc(C(C)(C)C)cc1)Nc1ccc(CC(=O)c2ccc(C)cc2)c(OC)c1. The van der Waals surface area contributed by atoms with Crippen LogP contribution in [0.15, 0.2) is 79.1 Å². The summed E-state index contributed by atoms with van der Waals surface area (Å²) in [7, 11) is 1.57. The van der Waals surface area contributed by atoms with E-state index in [2.05, 4.69) is 38.0 Å². The lowest BCUT2D eigenvalue weighted by Crippen LogP contribution is -2.26. The summed E-state index contributed by atoms with van der Waals surface area (Å²) < 4.78 is 5.50. The number of nitrogens with one attached hydrogen (secondary N) is 2.